The smallest absolute Gasteiger partial charge is 0.161 e. The first-order chi connectivity index (χ1) is 9.81. The molecular weight excluding hydrogens is 252 g/mol. The number of fused-ring (bicyclic) bond motifs is 2. The predicted octanol–water partition coefficient (Wildman–Crippen LogP) is 1.47. The van der Waals surface area contributed by atoms with Crippen LogP contribution >= 0.6 is 0 Å². The number of nitrogens with zero attached hydrogens (tertiary/aromatic N) is 3. The lowest BCUT2D eigenvalue weighted by molar-refractivity contribution is -0.0541. The molecule has 3 heterocycles. The van der Waals surface area contributed by atoms with E-state index in [2.05, 4.69) is 9.88 Å². The Morgan fingerprint density at radius 3 is 3.00 bits per heavy atom. The minimum atomic E-state index is -0.00104. The van der Waals surface area contributed by atoms with Gasteiger partial charge in [-0.1, -0.05) is 0 Å². The molecular formula is C15H22N4O. The van der Waals surface area contributed by atoms with Crippen molar-refractivity contribution in [1.29, 1.82) is 0 Å². The van der Waals surface area contributed by atoms with E-state index in [1.165, 1.54) is 37.8 Å². The Balaban J connectivity index is 1.60. The number of aromatic nitrogens is 2. The Kier molecular flexibility index (Phi) is 3.11. The molecule has 2 N–H and O–H groups in total. The van der Waals surface area contributed by atoms with E-state index in [4.69, 9.17) is 15.5 Å². The van der Waals surface area contributed by atoms with Crippen LogP contribution in [0.15, 0.2) is 0 Å². The van der Waals surface area contributed by atoms with Gasteiger partial charge in [0.05, 0.1) is 6.61 Å². The van der Waals surface area contributed by atoms with Crippen LogP contribution in [0.25, 0.3) is 0 Å². The lowest BCUT2D eigenvalue weighted by Crippen LogP contribution is -2.43. The van der Waals surface area contributed by atoms with Crippen molar-refractivity contribution < 1.29 is 4.74 Å². The van der Waals surface area contributed by atoms with Crippen LogP contribution in [-0.2, 0) is 17.6 Å². The summed E-state index contributed by atoms with van der Waals surface area (Å²) in [5.74, 6) is 1.48. The Morgan fingerprint density at radius 2 is 2.05 bits per heavy atom. The van der Waals surface area contributed by atoms with Crippen LogP contribution in [-0.4, -0.2) is 40.6 Å². The molecule has 2 unspecified atom stereocenters. The average Bonchev–Trinajstić information content (AvgIpc) is 2.94. The van der Waals surface area contributed by atoms with E-state index in [1.807, 2.05) is 0 Å². The summed E-state index contributed by atoms with van der Waals surface area (Å²) >= 11 is 0. The normalized spacial score (nSPS) is 30.0. The fourth-order valence-electron chi connectivity index (χ4n) is 3.76. The zero-order valence-electron chi connectivity index (χ0n) is 11.8. The van der Waals surface area contributed by atoms with E-state index in [1.54, 1.807) is 0 Å². The summed E-state index contributed by atoms with van der Waals surface area (Å²) < 4.78 is 6.00. The first-order valence-corrected chi connectivity index (χ1v) is 7.82. The van der Waals surface area contributed by atoms with E-state index >= 15 is 0 Å². The molecule has 0 saturated carbocycles. The third kappa shape index (κ3) is 2.09. The van der Waals surface area contributed by atoms with Crippen molar-refractivity contribution in [3.05, 3.63) is 17.1 Å². The number of nitrogens with two attached hydrogens (primary N) is 1. The lowest BCUT2D eigenvalue weighted by Gasteiger charge is -2.34. The second-order valence-electron chi connectivity index (χ2n) is 6.21. The van der Waals surface area contributed by atoms with Crippen LogP contribution < -0.4 is 5.73 Å². The van der Waals surface area contributed by atoms with Gasteiger partial charge in [-0.3, -0.25) is 4.90 Å². The van der Waals surface area contributed by atoms with Gasteiger partial charge in [-0.05, 0) is 45.1 Å². The van der Waals surface area contributed by atoms with E-state index in [0.29, 0.717) is 11.9 Å². The minimum Gasteiger partial charge on any atom is -0.383 e. The van der Waals surface area contributed by atoms with Crippen LogP contribution in [0.1, 0.15) is 48.9 Å². The maximum atomic E-state index is 6.14. The van der Waals surface area contributed by atoms with Crippen molar-refractivity contribution in [2.24, 2.45) is 0 Å². The van der Waals surface area contributed by atoms with Crippen LogP contribution in [0.3, 0.4) is 0 Å². The molecule has 108 valence electrons. The van der Waals surface area contributed by atoms with Crippen molar-refractivity contribution in [2.75, 3.05) is 25.4 Å². The average molecular weight is 274 g/mol. The monoisotopic (exact) mass is 274 g/mol. The van der Waals surface area contributed by atoms with Gasteiger partial charge >= 0.3 is 0 Å². The third-order valence-corrected chi connectivity index (χ3v) is 4.91. The molecule has 20 heavy (non-hydrogen) atoms. The molecule has 5 heteroatoms. The van der Waals surface area contributed by atoms with Crippen LogP contribution in [0, 0.1) is 0 Å². The van der Waals surface area contributed by atoms with Gasteiger partial charge in [-0.25, -0.2) is 9.97 Å². The predicted molar refractivity (Wildman–Crippen MR) is 76.4 cm³/mol. The van der Waals surface area contributed by atoms with Gasteiger partial charge in [0, 0.05) is 23.8 Å². The lowest BCUT2D eigenvalue weighted by atomic mass is 9.96. The summed E-state index contributed by atoms with van der Waals surface area (Å²) in [5, 5.41) is 0. The quantitative estimate of drug-likeness (QED) is 0.840. The van der Waals surface area contributed by atoms with Crippen molar-refractivity contribution in [1.82, 2.24) is 14.9 Å². The number of ether oxygens (including phenoxy) is 1. The molecule has 2 fully saturated rings. The second-order valence-corrected chi connectivity index (χ2v) is 6.21. The molecule has 2 aliphatic heterocycles. The molecule has 2 saturated heterocycles. The second kappa shape index (κ2) is 4.97. The first kappa shape index (κ1) is 12.5. The number of anilines is 1. The highest BCUT2D eigenvalue weighted by molar-refractivity contribution is 5.43. The molecule has 5 nitrogen and oxygen atoms in total. The molecule has 3 aliphatic rings. The highest BCUT2D eigenvalue weighted by Gasteiger charge is 2.34. The first-order valence-electron chi connectivity index (χ1n) is 7.82. The van der Waals surface area contributed by atoms with Crippen molar-refractivity contribution in [3.8, 4) is 0 Å². The maximum absolute atomic E-state index is 6.14. The molecule has 0 aromatic carbocycles. The number of morpholine rings is 1. The highest BCUT2D eigenvalue weighted by atomic mass is 16.5. The summed E-state index contributed by atoms with van der Waals surface area (Å²) in [6.45, 7) is 2.92. The van der Waals surface area contributed by atoms with E-state index < -0.39 is 0 Å². The largest absolute Gasteiger partial charge is 0.383 e. The minimum absolute atomic E-state index is 0.00104. The van der Waals surface area contributed by atoms with Crippen LogP contribution in [0.5, 0.6) is 0 Å². The van der Waals surface area contributed by atoms with Crippen molar-refractivity contribution >= 4 is 5.82 Å². The molecule has 1 aromatic rings. The SMILES string of the molecule is Nc1nc(C2CN3CCCC3CO2)nc2c1CCCC2. The Morgan fingerprint density at radius 1 is 1.15 bits per heavy atom. The van der Waals surface area contributed by atoms with Crippen molar-refractivity contribution in [2.45, 2.75) is 50.7 Å². The number of hydrogen-bond donors (Lipinski definition) is 1. The Labute approximate surface area is 119 Å². The number of rotatable bonds is 1. The zero-order chi connectivity index (χ0) is 13.5. The van der Waals surface area contributed by atoms with Gasteiger partial charge in [0.15, 0.2) is 5.82 Å². The van der Waals surface area contributed by atoms with Gasteiger partial charge in [0.1, 0.15) is 11.9 Å². The van der Waals surface area contributed by atoms with E-state index in [0.717, 1.165) is 37.5 Å². The molecule has 0 bridgehead atoms. The van der Waals surface area contributed by atoms with Crippen LogP contribution in [0.4, 0.5) is 5.82 Å². The summed E-state index contributed by atoms with van der Waals surface area (Å²) in [6, 6.07) is 0.612. The summed E-state index contributed by atoms with van der Waals surface area (Å²) in [4.78, 5) is 11.8. The third-order valence-electron chi connectivity index (χ3n) is 4.91. The van der Waals surface area contributed by atoms with Gasteiger partial charge in [0.25, 0.3) is 0 Å². The molecule has 0 amide bonds. The molecule has 1 aliphatic carbocycles. The van der Waals surface area contributed by atoms with Crippen LogP contribution in [0.2, 0.25) is 0 Å². The van der Waals surface area contributed by atoms with E-state index in [-0.39, 0.29) is 6.10 Å². The highest BCUT2D eigenvalue weighted by Crippen LogP contribution is 2.31. The molecule has 0 radical (unpaired) electrons. The standard InChI is InChI=1S/C15H22N4O/c16-14-11-5-1-2-6-12(11)17-15(18-14)13-8-19-7-3-4-10(19)9-20-13/h10,13H,1-9H2,(H2,16,17,18). The zero-order valence-corrected chi connectivity index (χ0v) is 11.8. The Hall–Kier alpha value is -1.20. The van der Waals surface area contributed by atoms with Crippen molar-refractivity contribution in [3.63, 3.8) is 0 Å². The van der Waals surface area contributed by atoms with Gasteiger partial charge < -0.3 is 10.5 Å². The molecule has 0 spiro atoms. The van der Waals surface area contributed by atoms with E-state index in [9.17, 15) is 0 Å². The fraction of sp³-hybridized carbons (Fsp3) is 0.733. The topological polar surface area (TPSA) is 64.3 Å². The summed E-state index contributed by atoms with van der Waals surface area (Å²) in [7, 11) is 0. The van der Waals surface area contributed by atoms with Gasteiger partial charge in [-0.15, -0.1) is 0 Å². The molecule has 1 aromatic heterocycles. The molecule has 2 atom stereocenters. The molecule has 4 rings (SSSR count). The number of nitrogen functional groups attached to an aromatic ring is 1. The Bertz CT molecular complexity index is 519. The fourth-order valence-corrected chi connectivity index (χ4v) is 3.76. The number of hydrogen-bond acceptors (Lipinski definition) is 5. The maximum Gasteiger partial charge on any atom is 0.161 e. The summed E-state index contributed by atoms with van der Waals surface area (Å²) in [5.41, 5.74) is 8.47. The summed E-state index contributed by atoms with van der Waals surface area (Å²) in [6.07, 6.45) is 7.03. The van der Waals surface area contributed by atoms with Gasteiger partial charge in [-0.2, -0.15) is 0 Å². The van der Waals surface area contributed by atoms with Gasteiger partial charge in [0.2, 0.25) is 0 Å². The number of aryl methyl sites for hydroxylation is 1.